The zero-order valence-electron chi connectivity index (χ0n) is 18.9. The van der Waals surface area contributed by atoms with Crippen molar-refractivity contribution in [1.82, 2.24) is 10.2 Å². The largest absolute Gasteiger partial charge is 0.357 e. The number of nitrogens with one attached hydrogen (secondary N) is 1. The molecule has 0 radical (unpaired) electrons. The van der Waals surface area contributed by atoms with Crippen molar-refractivity contribution in [3.63, 3.8) is 0 Å². The van der Waals surface area contributed by atoms with E-state index in [9.17, 15) is 18.0 Å². The highest BCUT2D eigenvalue weighted by Crippen LogP contribution is 2.30. The van der Waals surface area contributed by atoms with Gasteiger partial charge < -0.3 is 10.2 Å². The Morgan fingerprint density at radius 2 is 1.47 bits per heavy atom. The van der Waals surface area contributed by atoms with Crippen molar-refractivity contribution in [3.8, 4) is 0 Å². The minimum absolute atomic E-state index is 0.0247. The van der Waals surface area contributed by atoms with Crippen molar-refractivity contribution < 1.29 is 18.0 Å². The van der Waals surface area contributed by atoms with Crippen LogP contribution < -0.4 is 9.62 Å². The maximum absolute atomic E-state index is 13.6. The molecule has 0 spiro atoms. The highest BCUT2D eigenvalue weighted by molar-refractivity contribution is 7.92. The average molecular weight is 500 g/mol. The van der Waals surface area contributed by atoms with Crippen molar-refractivity contribution in [2.24, 2.45) is 0 Å². The molecule has 0 aromatic heterocycles. The van der Waals surface area contributed by atoms with Crippen LogP contribution in [0.4, 0.5) is 5.69 Å². The number of hydrogen-bond donors (Lipinski definition) is 1. The van der Waals surface area contributed by atoms with Crippen LogP contribution in [0.2, 0.25) is 5.02 Å². The molecule has 0 bridgehead atoms. The average Bonchev–Trinajstić information content (AvgIpc) is 2.86. The van der Waals surface area contributed by atoms with Gasteiger partial charge in [0.2, 0.25) is 11.8 Å². The van der Waals surface area contributed by atoms with Gasteiger partial charge in [0.25, 0.3) is 10.0 Å². The van der Waals surface area contributed by atoms with Gasteiger partial charge in [0, 0.05) is 13.6 Å². The predicted octanol–water partition coefficient (Wildman–Crippen LogP) is 3.70. The Kier molecular flexibility index (Phi) is 8.31. The normalized spacial score (nSPS) is 12.0. The third kappa shape index (κ3) is 5.76. The molecule has 0 saturated carbocycles. The Balaban J connectivity index is 2.03. The minimum Gasteiger partial charge on any atom is -0.357 e. The molecule has 0 aliphatic rings. The first-order valence-corrected chi connectivity index (χ1v) is 12.4. The van der Waals surface area contributed by atoms with Crippen molar-refractivity contribution >= 4 is 39.1 Å². The molecule has 3 rings (SSSR count). The first kappa shape index (κ1) is 25.3. The van der Waals surface area contributed by atoms with Crippen LogP contribution in [-0.2, 0) is 26.2 Å². The second kappa shape index (κ2) is 11.2. The lowest BCUT2D eigenvalue weighted by atomic mass is 10.1. The summed E-state index contributed by atoms with van der Waals surface area (Å²) >= 11 is 6.35. The van der Waals surface area contributed by atoms with E-state index in [1.165, 1.54) is 24.1 Å². The van der Waals surface area contributed by atoms with E-state index in [-0.39, 0.29) is 28.1 Å². The summed E-state index contributed by atoms with van der Waals surface area (Å²) in [5.74, 6) is -0.904. The van der Waals surface area contributed by atoms with Crippen LogP contribution in [0.15, 0.2) is 89.8 Å². The summed E-state index contributed by atoms with van der Waals surface area (Å²) in [4.78, 5) is 27.4. The smallest absolute Gasteiger partial charge is 0.264 e. The van der Waals surface area contributed by atoms with E-state index in [0.717, 1.165) is 9.87 Å². The molecule has 1 N–H and O–H groups in total. The van der Waals surface area contributed by atoms with Crippen LogP contribution in [0, 0.1) is 0 Å². The molecular formula is C25H26ClN3O4S. The van der Waals surface area contributed by atoms with Gasteiger partial charge >= 0.3 is 0 Å². The number of nitrogens with zero attached hydrogens (tertiary/aromatic N) is 2. The van der Waals surface area contributed by atoms with Crippen molar-refractivity contribution in [2.75, 3.05) is 17.9 Å². The highest BCUT2D eigenvalue weighted by atomic mass is 35.5. The van der Waals surface area contributed by atoms with Gasteiger partial charge in [0.15, 0.2) is 0 Å². The number of likely N-dealkylation sites (N-methyl/N-ethyl adjacent to an activating group) is 1. The summed E-state index contributed by atoms with van der Waals surface area (Å²) in [5.41, 5.74) is 0.982. The summed E-state index contributed by atoms with van der Waals surface area (Å²) in [6.07, 6.45) is 0. The fourth-order valence-electron chi connectivity index (χ4n) is 3.46. The molecule has 1 atom stereocenters. The number of rotatable bonds is 9. The number of amides is 2. The monoisotopic (exact) mass is 499 g/mol. The fraction of sp³-hybridized carbons (Fsp3) is 0.200. The van der Waals surface area contributed by atoms with Gasteiger partial charge in [0.05, 0.1) is 15.6 Å². The van der Waals surface area contributed by atoms with Gasteiger partial charge in [0.1, 0.15) is 12.6 Å². The van der Waals surface area contributed by atoms with E-state index in [1.54, 1.807) is 49.4 Å². The molecule has 0 fully saturated rings. The molecule has 9 heteroatoms. The first-order valence-electron chi connectivity index (χ1n) is 10.6. The molecule has 178 valence electrons. The molecule has 0 saturated heterocycles. The number of halogens is 1. The Labute approximate surface area is 205 Å². The Bertz CT molecular complexity index is 1240. The molecule has 2 amide bonds. The third-order valence-electron chi connectivity index (χ3n) is 5.34. The molecule has 7 nitrogen and oxygen atoms in total. The Hall–Kier alpha value is -3.36. The molecule has 0 aliphatic heterocycles. The number of sulfonamides is 1. The van der Waals surface area contributed by atoms with Gasteiger partial charge in [-0.05, 0) is 36.8 Å². The lowest BCUT2D eigenvalue weighted by molar-refractivity contribution is -0.139. The van der Waals surface area contributed by atoms with Gasteiger partial charge in [-0.15, -0.1) is 0 Å². The van der Waals surface area contributed by atoms with Gasteiger partial charge in [-0.3, -0.25) is 13.9 Å². The molecular weight excluding hydrogens is 474 g/mol. The van der Waals surface area contributed by atoms with E-state index >= 15 is 0 Å². The highest BCUT2D eigenvalue weighted by Gasteiger charge is 2.33. The van der Waals surface area contributed by atoms with Gasteiger partial charge in [-0.1, -0.05) is 72.3 Å². The van der Waals surface area contributed by atoms with E-state index in [0.29, 0.717) is 0 Å². The number of anilines is 1. The summed E-state index contributed by atoms with van der Waals surface area (Å²) in [6, 6.07) is 22.6. The van der Waals surface area contributed by atoms with Crippen LogP contribution >= 0.6 is 11.6 Å². The van der Waals surface area contributed by atoms with E-state index in [1.807, 2.05) is 30.3 Å². The lowest BCUT2D eigenvalue weighted by Crippen LogP contribution is -2.50. The zero-order valence-corrected chi connectivity index (χ0v) is 20.5. The maximum Gasteiger partial charge on any atom is 0.264 e. The molecule has 0 heterocycles. The number of hydrogen-bond acceptors (Lipinski definition) is 4. The maximum atomic E-state index is 13.6. The topological polar surface area (TPSA) is 86.8 Å². The number of carbonyl (C=O) groups is 2. The summed E-state index contributed by atoms with van der Waals surface area (Å²) in [5, 5.41) is 2.73. The Morgan fingerprint density at radius 1 is 0.912 bits per heavy atom. The van der Waals surface area contributed by atoms with Gasteiger partial charge in [-0.25, -0.2) is 8.42 Å². The van der Waals surface area contributed by atoms with E-state index in [2.05, 4.69) is 5.32 Å². The summed E-state index contributed by atoms with van der Waals surface area (Å²) in [6.45, 7) is 1.20. The van der Waals surface area contributed by atoms with Crippen LogP contribution in [0.1, 0.15) is 12.5 Å². The number of para-hydroxylation sites is 1. The van der Waals surface area contributed by atoms with Crippen LogP contribution in [-0.4, -0.2) is 44.8 Å². The molecule has 3 aromatic carbocycles. The van der Waals surface area contributed by atoms with E-state index in [4.69, 9.17) is 11.6 Å². The molecule has 3 aromatic rings. The quantitative estimate of drug-likeness (QED) is 0.486. The fourth-order valence-corrected chi connectivity index (χ4v) is 5.20. The van der Waals surface area contributed by atoms with E-state index < -0.39 is 28.5 Å². The van der Waals surface area contributed by atoms with Crippen LogP contribution in [0.25, 0.3) is 0 Å². The Morgan fingerprint density at radius 3 is 2.06 bits per heavy atom. The van der Waals surface area contributed by atoms with Crippen molar-refractivity contribution in [1.29, 1.82) is 0 Å². The third-order valence-corrected chi connectivity index (χ3v) is 7.43. The molecule has 1 unspecified atom stereocenters. The second-order valence-corrected chi connectivity index (χ2v) is 9.84. The minimum atomic E-state index is -4.13. The summed E-state index contributed by atoms with van der Waals surface area (Å²) < 4.78 is 28.1. The van der Waals surface area contributed by atoms with Crippen molar-refractivity contribution in [2.45, 2.75) is 24.4 Å². The lowest BCUT2D eigenvalue weighted by Gasteiger charge is -2.32. The second-order valence-electron chi connectivity index (χ2n) is 7.57. The SMILES string of the molecule is CNC(=O)C(C)N(Cc1ccccc1)C(=O)CN(c1ccccc1Cl)S(=O)(=O)c1ccccc1. The standard InChI is InChI=1S/C25H26ClN3O4S/c1-19(25(31)27-2)28(17-20-11-5-3-6-12-20)24(30)18-29(23-16-10-9-15-22(23)26)34(32,33)21-13-7-4-8-14-21/h3-16,19H,17-18H2,1-2H3,(H,27,31). The predicted molar refractivity (Wildman–Crippen MR) is 133 cm³/mol. The number of carbonyl (C=O) groups excluding carboxylic acids is 2. The zero-order chi connectivity index (χ0) is 24.7. The summed E-state index contributed by atoms with van der Waals surface area (Å²) in [7, 11) is -2.64. The van der Waals surface area contributed by atoms with Crippen molar-refractivity contribution in [3.05, 3.63) is 95.5 Å². The van der Waals surface area contributed by atoms with Gasteiger partial charge in [-0.2, -0.15) is 0 Å². The first-order chi connectivity index (χ1) is 16.3. The number of benzene rings is 3. The van der Waals surface area contributed by atoms with Crippen LogP contribution in [0.5, 0.6) is 0 Å². The molecule has 34 heavy (non-hydrogen) atoms. The molecule has 0 aliphatic carbocycles. The van der Waals surface area contributed by atoms with Crippen LogP contribution in [0.3, 0.4) is 0 Å².